The number of halogens is 1. The minimum absolute atomic E-state index is 0.135. The van der Waals surface area contributed by atoms with Crippen molar-refractivity contribution in [3.05, 3.63) is 75.6 Å². The second-order valence-electron chi connectivity index (χ2n) is 5.15. The zero-order valence-corrected chi connectivity index (χ0v) is 14.0. The highest BCUT2D eigenvalue weighted by Crippen LogP contribution is 2.20. The summed E-state index contributed by atoms with van der Waals surface area (Å²) in [7, 11) is 0. The third-order valence-electron chi connectivity index (χ3n) is 3.40. The van der Waals surface area contributed by atoms with Gasteiger partial charge in [0.2, 0.25) is 5.43 Å². The Hall–Kier alpha value is -3.45. The smallest absolute Gasteiger partial charge is 0.329 e. The second-order valence-corrected chi connectivity index (χ2v) is 5.56. The lowest BCUT2D eigenvalue weighted by molar-refractivity contribution is -0.136. The summed E-state index contributed by atoms with van der Waals surface area (Å²) in [6, 6.07) is 13.2. The van der Waals surface area contributed by atoms with Gasteiger partial charge in [0.05, 0.1) is 27.9 Å². The van der Waals surface area contributed by atoms with Crippen molar-refractivity contribution in [2.45, 2.75) is 0 Å². The van der Waals surface area contributed by atoms with Gasteiger partial charge in [-0.2, -0.15) is 5.10 Å². The Labute approximate surface area is 152 Å². The van der Waals surface area contributed by atoms with Crippen LogP contribution in [0.25, 0.3) is 11.0 Å². The zero-order valence-electron chi connectivity index (χ0n) is 13.2. The standard InChI is InChI=1S/C18H12ClN3O4/c19-13-6-2-3-7-14(13)21-17(24)18(25)22-20-9-11-10-26-15-8-4-1-5-12(15)16(11)23/h1-10H,(H,21,24)(H,22,25)/b20-9-. The minimum atomic E-state index is -1.01. The summed E-state index contributed by atoms with van der Waals surface area (Å²) in [5.74, 6) is -1.95. The van der Waals surface area contributed by atoms with Crippen LogP contribution in [0.4, 0.5) is 5.69 Å². The van der Waals surface area contributed by atoms with Crippen LogP contribution in [0.15, 0.2) is 69.1 Å². The lowest BCUT2D eigenvalue weighted by atomic mass is 10.2. The Bertz CT molecular complexity index is 1080. The molecule has 8 heteroatoms. The molecule has 2 N–H and O–H groups in total. The van der Waals surface area contributed by atoms with Crippen molar-refractivity contribution >= 4 is 46.3 Å². The molecule has 0 fully saturated rings. The molecule has 3 rings (SSSR count). The fourth-order valence-corrected chi connectivity index (χ4v) is 2.32. The molecule has 0 radical (unpaired) electrons. The van der Waals surface area contributed by atoms with Crippen LogP contribution >= 0.6 is 11.6 Å². The number of hydrogen-bond donors (Lipinski definition) is 2. The van der Waals surface area contributed by atoms with E-state index in [0.717, 1.165) is 6.21 Å². The minimum Gasteiger partial charge on any atom is -0.463 e. The molecule has 0 aliphatic rings. The first-order valence-electron chi connectivity index (χ1n) is 7.46. The van der Waals surface area contributed by atoms with E-state index in [1.807, 2.05) is 5.43 Å². The van der Waals surface area contributed by atoms with Gasteiger partial charge >= 0.3 is 11.8 Å². The molecule has 7 nitrogen and oxygen atoms in total. The Balaban J connectivity index is 1.67. The van der Waals surface area contributed by atoms with Crippen molar-refractivity contribution in [1.82, 2.24) is 5.43 Å². The summed E-state index contributed by atoms with van der Waals surface area (Å²) in [4.78, 5) is 35.8. The van der Waals surface area contributed by atoms with E-state index in [9.17, 15) is 14.4 Å². The van der Waals surface area contributed by atoms with Gasteiger partial charge in [0.25, 0.3) is 0 Å². The highest BCUT2D eigenvalue weighted by atomic mass is 35.5. The SMILES string of the molecule is O=C(N/N=C\c1coc2ccccc2c1=O)C(=O)Nc1ccccc1Cl. The quantitative estimate of drug-likeness (QED) is 0.421. The number of fused-ring (bicyclic) bond motifs is 1. The van der Waals surface area contributed by atoms with Crippen LogP contribution in [0.5, 0.6) is 0 Å². The second kappa shape index (κ2) is 7.62. The number of rotatable bonds is 3. The van der Waals surface area contributed by atoms with Crippen molar-refractivity contribution in [3.63, 3.8) is 0 Å². The molecule has 0 aliphatic carbocycles. The molecule has 2 amide bonds. The lowest BCUT2D eigenvalue weighted by Gasteiger charge is -2.05. The first kappa shape index (κ1) is 17.4. The Morgan fingerprint density at radius 3 is 2.58 bits per heavy atom. The molecule has 26 heavy (non-hydrogen) atoms. The maximum Gasteiger partial charge on any atom is 0.329 e. The van der Waals surface area contributed by atoms with Crippen LogP contribution < -0.4 is 16.2 Å². The van der Waals surface area contributed by atoms with E-state index < -0.39 is 11.8 Å². The van der Waals surface area contributed by atoms with Gasteiger partial charge in [0.15, 0.2) is 0 Å². The van der Waals surface area contributed by atoms with Crippen molar-refractivity contribution in [2.75, 3.05) is 5.32 Å². The van der Waals surface area contributed by atoms with Gasteiger partial charge in [0.1, 0.15) is 11.8 Å². The van der Waals surface area contributed by atoms with E-state index in [0.29, 0.717) is 21.7 Å². The van der Waals surface area contributed by atoms with E-state index >= 15 is 0 Å². The van der Waals surface area contributed by atoms with Gasteiger partial charge in [-0.05, 0) is 24.3 Å². The highest BCUT2D eigenvalue weighted by molar-refractivity contribution is 6.41. The van der Waals surface area contributed by atoms with E-state index in [1.165, 1.54) is 6.26 Å². The largest absolute Gasteiger partial charge is 0.463 e. The van der Waals surface area contributed by atoms with Gasteiger partial charge in [-0.1, -0.05) is 35.9 Å². The molecular formula is C18H12ClN3O4. The number of carbonyl (C=O) groups is 2. The van der Waals surface area contributed by atoms with E-state index in [-0.39, 0.29) is 11.0 Å². The third kappa shape index (κ3) is 3.79. The summed E-state index contributed by atoms with van der Waals surface area (Å²) >= 11 is 5.90. The fraction of sp³-hybridized carbons (Fsp3) is 0. The molecule has 130 valence electrons. The number of carbonyl (C=O) groups excluding carboxylic acids is 2. The van der Waals surface area contributed by atoms with Crippen LogP contribution in [0.3, 0.4) is 0 Å². The first-order chi connectivity index (χ1) is 12.6. The van der Waals surface area contributed by atoms with Gasteiger partial charge in [-0.15, -0.1) is 0 Å². The number of hydrogen-bond acceptors (Lipinski definition) is 5. The molecule has 3 aromatic rings. The maximum absolute atomic E-state index is 12.3. The summed E-state index contributed by atoms with van der Waals surface area (Å²) in [6.45, 7) is 0. The van der Waals surface area contributed by atoms with Crippen molar-refractivity contribution < 1.29 is 14.0 Å². The molecule has 1 aromatic heterocycles. The Kier molecular flexibility index (Phi) is 5.09. The number of hydrazone groups is 1. The van der Waals surface area contributed by atoms with Crippen molar-refractivity contribution in [1.29, 1.82) is 0 Å². The summed E-state index contributed by atoms with van der Waals surface area (Å²) in [5.41, 5.74) is 2.62. The number of anilines is 1. The first-order valence-corrected chi connectivity index (χ1v) is 7.83. The molecule has 0 saturated heterocycles. The van der Waals surface area contributed by atoms with Crippen molar-refractivity contribution in [3.8, 4) is 0 Å². The lowest BCUT2D eigenvalue weighted by Crippen LogP contribution is -2.32. The number of amides is 2. The van der Waals surface area contributed by atoms with Gasteiger partial charge < -0.3 is 9.73 Å². The number of nitrogens with one attached hydrogen (secondary N) is 2. The van der Waals surface area contributed by atoms with E-state index in [2.05, 4.69) is 10.4 Å². The average Bonchev–Trinajstić information content (AvgIpc) is 2.65. The molecule has 2 aromatic carbocycles. The molecule has 0 bridgehead atoms. The van der Waals surface area contributed by atoms with E-state index in [1.54, 1.807) is 48.5 Å². The van der Waals surface area contributed by atoms with Gasteiger partial charge in [-0.25, -0.2) is 5.43 Å². The van der Waals surface area contributed by atoms with Crippen LogP contribution in [0.1, 0.15) is 5.56 Å². The highest BCUT2D eigenvalue weighted by Gasteiger charge is 2.14. The van der Waals surface area contributed by atoms with Crippen LogP contribution in [-0.2, 0) is 9.59 Å². The predicted octanol–water partition coefficient (Wildman–Crippen LogP) is 2.54. The van der Waals surface area contributed by atoms with Gasteiger partial charge in [0, 0.05) is 0 Å². The maximum atomic E-state index is 12.3. The normalized spacial score (nSPS) is 10.8. The molecule has 0 spiro atoms. The molecule has 0 unspecified atom stereocenters. The van der Waals surface area contributed by atoms with Gasteiger partial charge in [-0.3, -0.25) is 14.4 Å². The number of para-hydroxylation sites is 2. The fourth-order valence-electron chi connectivity index (χ4n) is 2.13. The topological polar surface area (TPSA) is 101 Å². The Morgan fingerprint density at radius 2 is 1.77 bits per heavy atom. The van der Waals surface area contributed by atoms with Crippen molar-refractivity contribution in [2.24, 2.45) is 5.10 Å². The molecule has 0 saturated carbocycles. The summed E-state index contributed by atoms with van der Waals surface area (Å²) in [5, 5.41) is 6.66. The predicted molar refractivity (Wildman–Crippen MR) is 98.3 cm³/mol. The molecule has 0 atom stereocenters. The molecular weight excluding hydrogens is 358 g/mol. The average molecular weight is 370 g/mol. The zero-order chi connectivity index (χ0) is 18.5. The summed E-state index contributed by atoms with van der Waals surface area (Å²) < 4.78 is 5.32. The molecule has 0 aliphatic heterocycles. The molecule has 1 heterocycles. The van der Waals surface area contributed by atoms with Crippen LogP contribution in [0, 0.1) is 0 Å². The van der Waals surface area contributed by atoms with Crippen LogP contribution in [0.2, 0.25) is 5.02 Å². The Morgan fingerprint density at radius 1 is 1.04 bits per heavy atom. The number of benzene rings is 2. The van der Waals surface area contributed by atoms with E-state index in [4.69, 9.17) is 16.0 Å². The number of nitrogens with zero attached hydrogens (tertiary/aromatic N) is 1. The van der Waals surface area contributed by atoms with Crippen LogP contribution in [-0.4, -0.2) is 18.0 Å². The third-order valence-corrected chi connectivity index (χ3v) is 3.73. The monoisotopic (exact) mass is 369 g/mol. The summed E-state index contributed by atoms with van der Waals surface area (Å²) in [6.07, 6.45) is 2.34.